The van der Waals surface area contributed by atoms with Gasteiger partial charge in [0.15, 0.2) is 6.19 Å². The molecule has 0 aliphatic heterocycles. The van der Waals surface area contributed by atoms with Crippen LogP contribution in [-0.4, -0.2) is 25.0 Å². The Morgan fingerprint density at radius 3 is 2.57 bits per heavy atom. The van der Waals surface area contributed by atoms with Crippen molar-refractivity contribution in [2.24, 2.45) is 5.73 Å². The van der Waals surface area contributed by atoms with E-state index in [0.717, 1.165) is 0 Å². The molecule has 0 aromatic heterocycles. The van der Waals surface area contributed by atoms with Crippen LogP contribution < -0.4 is 5.73 Å². The average molecular weight is 99.1 g/mol. The summed E-state index contributed by atoms with van der Waals surface area (Å²) in [5.41, 5.74) is 5.11. The van der Waals surface area contributed by atoms with Crippen LogP contribution >= 0.6 is 0 Å². The summed E-state index contributed by atoms with van der Waals surface area (Å²) in [5.74, 6) is 0. The van der Waals surface area contributed by atoms with Crippen LogP contribution in [0.1, 0.15) is 0 Å². The van der Waals surface area contributed by atoms with Crippen LogP contribution in [0.2, 0.25) is 0 Å². The second-order valence-electron chi connectivity index (χ2n) is 1.31. The zero-order chi connectivity index (χ0) is 5.70. The molecule has 2 N–H and O–H groups in total. The van der Waals surface area contributed by atoms with Gasteiger partial charge in [0.25, 0.3) is 0 Å². The Hall–Kier alpha value is -0.750. The van der Waals surface area contributed by atoms with Crippen LogP contribution in [0, 0.1) is 11.5 Å². The molecule has 3 heteroatoms. The lowest BCUT2D eigenvalue weighted by Gasteiger charge is -2.02. The third kappa shape index (κ3) is 3.07. The van der Waals surface area contributed by atoms with Gasteiger partial charge in [-0.25, -0.2) is 0 Å². The van der Waals surface area contributed by atoms with E-state index in [2.05, 4.69) is 0 Å². The second-order valence-corrected chi connectivity index (χ2v) is 1.31. The first-order chi connectivity index (χ1) is 3.31. The number of nitriles is 1. The maximum Gasteiger partial charge on any atom is 0.179 e. The summed E-state index contributed by atoms with van der Waals surface area (Å²) >= 11 is 0. The lowest BCUT2D eigenvalue weighted by Crippen LogP contribution is -2.20. The molecule has 0 aliphatic rings. The van der Waals surface area contributed by atoms with Crippen molar-refractivity contribution in [1.29, 1.82) is 5.26 Å². The topological polar surface area (TPSA) is 53.0 Å². The highest BCUT2D eigenvalue weighted by Crippen LogP contribution is 1.69. The SMILES string of the molecule is CN(C#N)CCN. The zero-order valence-electron chi connectivity index (χ0n) is 4.39. The molecule has 3 nitrogen and oxygen atoms in total. The monoisotopic (exact) mass is 99.1 g/mol. The van der Waals surface area contributed by atoms with Gasteiger partial charge >= 0.3 is 0 Å². The van der Waals surface area contributed by atoms with Gasteiger partial charge in [-0.3, -0.25) is 0 Å². The minimum Gasteiger partial charge on any atom is -0.329 e. The van der Waals surface area contributed by atoms with Crippen LogP contribution in [0.15, 0.2) is 0 Å². The Morgan fingerprint density at radius 1 is 1.86 bits per heavy atom. The molecule has 0 spiro atoms. The molecule has 0 aliphatic carbocycles. The average Bonchev–Trinajstić information content (AvgIpc) is 1.68. The van der Waals surface area contributed by atoms with Crippen LogP contribution in [0.5, 0.6) is 0 Å². The van der Waals surface area contributed by atoms with Crippen molar-refractivity contribution in [2.45, 2.75) is 0 Å². The summed E-state index contributed by atoms with van der Waals surface area (Å²) in [7, 11) is 1.70. The number of hydrogen-bond donors (Lipinski definition) is 1. The number of rotatable bonds is 2. The molecule has 7 heavy (non-hydrogen) atoms. The zero-order valence-corrected chi connectivity index (χ0v) is 4.39. The van der Waals surface area contributed by atoms with Crippen LogP contribution in [-0.2, 0) is 0 Å². The third-order valence-corrected chi connectivity index (χ3v) is 0.635. The van der Waals surface area contributed by atoms with Crippen molar-refractivity contribution in [2.75, 3.05) is 20.1 Å². The summed E-state index contributed by atoms with van der Waals surface area (Å²) in [4.78, 5) is 1.49. The summed E-state index contributed by atoms with van der Waals surface area (Å²) in [6, 6.07) is 0. The van der Waals surface area contributed by atoms with E-state index >= 15 is 0 Å². The maximum atomic E-state index is 8.09. The maximum absolute atomic E-state index is 8.09. The summed E-state index contributed by atoms with van der Waals surface area (Å²) in [6.07, 6.45) is 1.92. The van der Waals surface area contributed by atoms with Gasteiger partial charge in [0.05, 0.1) is 0 Å². The molecule has 0 saturated carbocycles. The predicted molar refractivity (Wildman–Crippen MR) is 27.3 cm³/mol. The minimum atomic E-state index is 0.546. The van der Waals surface area contributed by atoms with E-state index in [0.29, 0.717) is 13.1 Å². The lowest BCUT2D eigenvalue weighted by molar-refractivity contribution is 0.485. The Bertz CT molecular complexity index is 73.5. The van der Waals surface area contributed by atoms with Crippen LogP contribution in [0.25, 0.3) is 0 Å². The standard InChI is InChI=1S/C4H9N3/c1-7(4-6)3-2-5/h2-3,5H2,1H3. The number of likely N-dealkylation sites (N-methyl/N-ethyl adjacent to an activating group) is 1. The lowest BCUT2D eigenvalue weighted by atomic mass is 10.6. The van der Waals surface area contributed by atoms with E-state index in [-0.39, 0.29) is 0 Å². The normalized spacial score (nSPS) is 7.57. The molecule has 0 bridgehead atoms. The van der Waals surface area contributed by atoms with E-state index < -0.39 is 0 Å². The molecular weight excluding hydrogens is 90.1 g/mol. The largest absolute Gasteiger partial charge is 0.329 e. The highest BCUT2D eigenvalue weighted by atomic mass is 15.1. The summed E-state index contributed by atoms with van der Waals surface area (Å²) in [6.45, 7) is 1.20. The van der Waals surface area contributed by atoms with E-state index in [1.165, 1.54) is 4.90 Å². The molecule has 0 unspecified atom stereocenters. The summed E-state index contributed by atoms with van der Waals surface area (Å²) in [5, 5.41) is 8.09. The van der Waals surface area contributed by atoms with Crippen molar-refractivity contribution in [3.63, 3.8) is 0 Å². The fraction of sp³-hybridized carbons (Fsp3) is 0.750. The van der Waals surface area contributed by atoms with Crippen molar-refractivity contribution in [3.05, 3.63) is 0 Å². The van der Waals surface area contributed by atoms with Crippen molar-refractivity contribution >= 4 is 0 Å². The van der Waals surface area contributed by atoms with E-state index in [1.54, 1.807) is 7.05 Å². The van der Waals surface area contributed by atoms with Crippen molar-refractivity contribution in [1.82, 2.24) is 4.90 Å². The Morgan fingerprint density at radius 2 is 2.43 bits per heavy atom. The van der Waals surface area contributed by atoms with E-state index in [4.69, 9.17) is 11.0 Å². The van der Waals surface area contributed by atoms with Gasteiger partial charge in [-0.05, 0) is 0 Å². The Labute approximate surface area is 43.3 Å². The number of hydrogen-bond acceptors (Lipinski definition) is 3. The van der Waals surface area contributed by atoms with Gasteiger partial charge in [-0.2, -0.15) is 5.26 Å². The van der Waals surface area contributed by atoms with E-state index in [9.17, 15) is 0 Å². The van der Waals surface area contributed by atoms with Gasteiger partial charge in [0.1, 0.15) is 0 Å². The highest BCUT2D eigenvalue weighted by molar-refractivity contribution is 4.67. The number of nitrogens with zero attached hydrogens (tertiary/aromatic N) is 2. The molecule has 0 saturated heterocycles. The Kier molecular flexibility index (Phi) is 3.07. The van der Waals surface area contributed by atoms with Crippen LogP contribution in [0.3, 0.4) is 0 Å². The van der Waals surface area contributed by atoms with Gasteiger partial charge < -0.3 is 10.6 Å². The Balaban J connectivity index is 3.04. The number of nitrogens with two attached hydrogens (primary N) is 1. The van der Waals surface area contributed by atoms with E-state index in [1.807, 2.05) is 6.19 Å². The third-order valence-electron chi connectivity index (χ3n) is 0.635. The molecule has 0 rings (SSSR count). The molecule has 40 valence electrons. The van der Waals surface area contributed by atoms with Gasteiger partial charge in [-0.15, -0.1) is 0 Å². The molecule has 0 heterocycles. The van der Waals surface area contributed by atoms with Gasteiger partial charge in [0.2, 0.25) is 0 Å². The van der Waals surface area contributed by atoms with Crippen molar-refractivity contribution in [3.8, 4) is 6.19 Å². The molecule has 0 amide bonds. The smallest absolute Gasteiger partial charge is 0.179 e. The summed E-state index contributed by atoms with van der Waals surface area (Å²) < 4.78 is 0. The molecule has 0 radical (unpaired) electrons. The first kappa shape index (κ1) is 6.25. The molecule has 0 atom stereocenters. The van der Waals surface area contributed by atoms with Crippen LogP contribution in [0.4, 0.5) is 0 Å². The minimum absolute atomic E-state index is 0.546. The quantitative estimate of drug-likeness (QED) is 0.370. The van der Waals surface area contributed by atoms with Crippen molar-refractivity contribution < 1.29 is 0 Å². The molecule has 0 fully saturated rings. The highest BCUT2D eigenvalue weighted by Gasteiger charge is 1.84. The molecule has 0 aromatic carbocycles. The molecular formula is C4H9N3. The predicted octanol–water partition coefficient (Wildman–Crippen LogP) is -0.642. The second kappa shape index (κ2) is 3.44. The molecule has 0 aromatic rings. The van der Waals surface area contributed by atoms with Gasteiger partial charge in [0, 0.05) is 20.1 Å². The van der Waals surface area contributed by atoms with Gasteiger partial charge in [-0.1, -0.05) is 0 Å². The first-order valence-electron chi connectivity index (χ1n) is 2.12. The fourth-order valence-electron chi connectivity index (χ4n) is 0.244. The first-order valence-corrected chi connectivity index (χ1v) is 2.12. The fourth-order valence-corrected chi connectivity index (χ4v) is 0.244.